The van der Waals surface area contributed by atoms with E-state index in [1.165, 1.54) is 30.5 Å². The first kappa shape index (κ1) is 13.5. The van der Waals surface area contributed by atoms with Crippen LogP contribution in [0, 0.1) is 4.78 Å². The van der Waals surface area contributed by atoms with Gasteiger partial charge in [-0.2, -0.15) is 18.2 Å². The first-order valence-electron chi connectivity index (χ1n) is 4.93. The van der Waals surface area contributed by atoms with E-state index in [4.69, 9.17) is 4.78 Å². The third-order valence-electron chi connectivity index (χ3n) is 2.23. The molecule has 0 amide bonds. The summed E-state index contributed by atoms with van der Waals surface area (Å²) < 4.78 is 59.7. The highest BCUT2D eigenvalue weighted by molar-refractivity contribution is 7.91. The molecule has 0 aliphatic heterocycles. The monoisotopic (exact) mass is 291 g/mol. The molecule has 1 heterocycles. The van der Waals surface area contributed by atoms with Gasteiger partial charge in [-0.1, -0.05) is 5.16 Å². The van der Waals surface area contributed by atoms with Crippen LogP contribution in [0.25, 0.3) is 11.4 Å². The van der Waals surface area contributed by atoms with E-state index in [-0.39, 0.29) is 16.3 Å². The van der Waals surface area contributed by atoms with E-state index in [1.54, 1.807) is 0 Å². The summed E-state index contributed by atoms with van der Waals surface area (Å²) >= 11 is 0. The van der Waals surface area contributed by atoms with Crippen molar-refractivity contribution in [1.82, 2.24) is 10.1 Å². The zero-order valence-corrected chi connectivity index (χ0v) is 10.4. The van der Waals surface area contributed by atoms with E-state index < -0.39 is 21.8 Å². The molecular formula is C10H8F3N3O2S. The standard InChI is InChI=1S/C10H8F3N3O2S/c1-19(14,17)7-4-2-6(3-5-7)8-15-9(18-16-8)10(11,12)13/h2-5,14H,1H3. The number of halogens is 3. The molecule has 0 aliphatic carbocycles. The highest BCUT2D eigenvalue weighted by Crippen LogP contribution is 2.29. The molecule has 0 fully saturated rings. The van der Waals surface area contributed by atoms with Crippen molar-refractivity contribution in [1.29, 1.82) is 4.78 Å². The molecule has 102 valence electrons. The van der Waals surface area contributed by atoms with Crippen LogP contribution >= 0.6 is 0 Å². The summed E-state index contributed by atoms with van der Waals surface area (Å²) in [6.07, 6.45) is -3.44. The van der Waals surface area contributed by atoms with Gasteiger partial charge < -0.3 is 4.52 Å². The molecule has 1 N–H and O–H groups in total. The van der Waals surface area contributed by atoms with E-state index in [2.05, 4.69) is 14.7 Å². The van der Waals surface area contributed by atoms with E-state index in [1.807, 2.05) is 0 Å². The predicted molar refractivity (Wildman–Crippen MR) is 59.8 cm³/mol. The van der Waals surface area contributed by atoms with Crippen molar-refractivity contribution < 1.29 is 21.9 Å². The number of rotatable bonds is 2. The van der Waals surface area contributed by atoms with Gasteiger partial charge in [0.05, 0.1) is 9.73 Å². The van der Waals surface area contributed by atoms with Gasteiger partial charge in [0.1, 0.15) is 0 Å². The largest absolute Gasteiger partial charge is 0.471 e. The minimum atomic E-state index is -4.69. The molecular weight excluding hydrogens is 283 g/mol. The summed E-state index contributed by atoms with van der Waals surface area (Å²) in [5, 5.41) is 3.22. The Hall–Kier alpha value is -1.90. The summed E-state index contributed by atoms with van der Waals surface area (Å²) in [4.78, 5) is 3.50. The Bertz CT molecular complexity index is 690. The van der Waals surface area contributed by atoms with Crippen LogP contribution in [0.5, 0.6) is 0 Å². The van der Waals surface area contributed by atoms with Gasteiger partial charge in [-0.3, -0.25) is 0 Å². The Balaban J connectivity index is 2.36. The van der Waals surface area contributed by atoms with Crippen LogP contribution in [0.2, 0.25) is 0 Å². The second kappa shape index (κ2) is 4.34. The lowest BCUT2D eigenvalue weighted by atomic mass is 10.2. The quantitative estimate of drug-likeness (QED) is 0.922. The van der Waals surface area contributed by atoms with Gasteiger partial charge in [0.25, 0.3) is 0 Å². The van der Waals surface area contributed by atoms with E-state index in [0.29, 0.717) is 0 Å². The molecule has 1 aromatic heterocycles. The maximum absolute atomic E-state index is 12.3. The molecule has 1 aromatic carbocycles. The van der Waals surface area contributed by atoms with Crippen molar-refractivity contribution in [3.8, 4) is 11.4 Å². The molecule has 1 atom stereocenters. The van der Waals surface area contributed by atoms with Crippen LogP contribution in [0.15, 0.2) is 33.7 Å². The summed E-state index contributed by atoms with van der Waals surface area (Å²) in [5.41, 5.74) is 0.284. The number of alkyl halides is 3. The Morgan fingerprint density at radius 1 is 1.26 bits per heavy atom. The second-order valence-electron chi connectivity index (χ2n) is 3.79. The summed E-state index contributed by atoms with van der Waals surface area (Å²) in [6, 6.07) is 5.54. The van der Waals surface area contributed by atoms with Crippen molar-refractivity contribution in [2.75, 3.05) is 6.26 Å². The summed E-state index contributed by atoms with van der Waals surface area (Å²) in [6.45, 7) is 0. The number of nitrogens with zero attached hydrogens (tertiary/aromatic N) is 2. The lowest BCUT2D eigenvalue weighted by Crippen LogP contribution is -2.04. The zero-order chi connectivity index (χ0) is 14.3. The van der Waals surface area contributed by atoms with Gasteiger partial charge in [-0.15, -0.1) is 0 Å². The SMILES string of the molecule is CS(=N)(=O)c1ccc(-c2noc(C(F)(F)F)n2)cc1. The van der Waals surface area contributed by atoms with Crippen LogP contribution in [-0.4, -0.2) is 20.6 Å². The fraction of sp³-hybridized carbons (Fsp3) is 0.200. The molecule has 0 saturated heterocycles. The second-order valence-corrected chi connectivity index (χ2v) is 5.95. The van der Waals surface area contributed by atoms with Crippen molar-refractivity contribution in [3.63, 3.8) is 0 Å². The molecule has 0 bridgehead atoms. The molecule has 19 heavy (non-hydrogen) atoms. The molecule has 0 saturated carbocycles. The van der Waals surface area contributed by atoms with Crippen LogP contribution in [0.4, 0.5) is 13.2 Å². The number of aromatic nitrogens is 2. The lowest BCUT2D eigenvalue weighted by Gasteiger charge is -2.01. The van der Waals surface area contributed by atoms with Gasteiger partial charge in [-0.25, -0.2) is 8.99 Å². The van der Waals surface area contributed by atoms with Crippen LogP contribution in [0.1, 0.15) is 5.89 Å². The molecule has 0 spiro atoms. The van der Waals surface area contributed by atoms with Crippen molar-refractivity contribution >= 4 is 9.73 Å². The first-order chi connectivity index (χ1) is 8.68. The van der Waals surface area contributed by atoms with E-state index in [9.17, 15) is 17.4 Å². The number of hydrogen-bond acceptors (Lipinski definition) is 5. The first-order valence-corrected chi connectivity index (χ1v) is 6.90. The molecule has 2 aromatic rings. The minimum absolute atomic E-state index is 0.216. The molecule has 1 unspecified atom stereocenters. The molecule has 0 aliphatic rings. The van der Waals surface area contributed by atoms with Crippen LogP contribution in [-0.2, 0) is 15.9 Å². The number of benzene rings is 1. The number of nitrogens with one attached hydrogen (secondary N) is 1. The highest BCUT2D eigenvalue weighted by Gasteiger charge is 2.38. The molecule has 9 heteroatoms. The molecule has 2 rings (SSSR count). The van der Waals surface area contributed by atoms with Crippen molar-refractivity contribution in [2.24, 2.45) is 0 Å². The highest BCUT2D eigenvalue weighted by atomic mass is 32.2. The smallest absolute Gasteiger partial charge is 0.329 e. The predicted octanol–water partition coefficient (Wildman–Crippen LogP) is 2.79. The van der Waals surface area contributed by atoms with E-state index >= 15 is 0 Å². The zero-order valence-electron chi connectivity index (χ0n) is 9.56. The number of hydrogen-bond donors (Lipinski definition) is 1. The third-order valence-corrected chi connectivity index (χ3v) is 3.40. The maximum atomic E-state index is 12.3. The Morgan fingerprint density at radius 3 is 2.26 bits per heavy atom. The van der Waals surface area contributed by atoms with Gasteiger partial charge in [0.15, 0.2) is 0 Å². The van der Waals surface area contributed by atoms with Crippen LogP contribution < -0.4 is 0 Å². The summed E-state index contributed by atoms with van der Waals surface area (Å²) in [5.74, 6) is -1.64. The maximum Gasteiger partial charge on any atom is 0.471 e. The topological polar surface area (TPSA) is 79.8 Å². The third kappa shape index (κ3) is 2.92. The minimum Gasteiger partial charge on any atom is -0.329 e. The van der Waals surface area contributed by atoms with Gasteiger partial charge >= 0.3 is 12.1 Å². The lowest BCUT2D eigenvalue weighted by molar-refractivity contribution is -0.159. The van der Waals surface area contributed by atoms with Crippen molar-refractivity contribution in [2.45, 2.75) is 11.1 Å². The van der Waals surface area contributed by atoms with Crippen molar-refractivity contribution in [3.05, 3.63) is 30.2 Å². The Labute approximate surface area is 106 Å². The van der Waals surface area contributed by atoms with E-state index in [0.717, 1.165) is 0 Å². The molecule has 5 nitrogen and oxygen atoms in total. The fourth-order valence-electron chi connectivity index (χ4n) is 1.32. The summed E-state index contributed by atoms with van der Waals surface area (Å²) in [7, 11) is -2.86. The Morgan fingerprint density at radius 2 is 1.84 bits per heavy atom. The average Bonchev–Trinajstić information content (AvgIpc) is 2.77. The average molecular weight is 291 g/mol. The van der Waals surface area contributed by atoms with Gasteiger partial charge in [0, 0.05) is 16.7 Å². The molecule has 0 radical (unpaired) electrons. The Kier molecular flexibility index (Phi) is 3.09. The normalized spacial score (nSPS) is 15.2. The fourth-order valence-corrected chi connectivity index (χ4v) is 1.98. The van der Waals surface area contributed by atoms with Gasteiger partial charge in [0.2, 0.25) is 5.82 Å². The van der Waals surface area contributed by atoms with Gasteiger partial charge in [-0.05, 0) is 24.3 Å². The van der Waals surface area contributed by atoms with Crippen LogP contribution in [0.3, 0.4) is 0 Å².